The minimum Gasteiger partial charge on any atom is -0.391 e. The maximum absolute atomic E-state index is 14.5. The van der Waals surface area contributed by atoms with Gasteiger partial charge in [0.05, 0.1) is 12.5 Å². The topological polar surface area (TPSA) is 520 Å². The molecule has 2 aromatic rings. The van der Waals surface area contributed by atoms with Crippen LogP contribution in [-0.2, 0) is 70.4 Å². The average Bonchev–Trinajstić information content (AvgIpc) is 3.01. The van der Waals surface area contributed by atoms with Crippen LogP contribution in [0.1, 0.15) is 90.7 Å². The Hall–Kier alpha value is -8.20. The van der Waals surface area contributed by atoms with Crippen LogP contribution < -0.4 is 92.5 Å². The van der Waals surface area contributed by atoms with E-state index in [1.54, 1.807) is 68.4 Å². The lowest BCUT2D eigenvalue weighted by Crippen LogP contribution is -2.63. The van der Waals surface area contributed by atoms with Crippen molar-refractivity contribution in [3.8, 4) is 0 Å². The van der Waals surface area contributed by atoms with Gasteiger partial charge in [-0.1, -0.05) is 62.7 Å². The summed E-state index contributed by atoms with van der Waals surface area (Å²) >= 11 is 0. The number of carbonyl (C=O) groups excluding carboxylic acids is 12. The summed E-state index contributed by atoms with van der Waals surface area (Å²) in [5, 5.41) is 52.1. The Bertz CT molecular complexity index is 2670. The van der Waals surface area contributed by atoms with Crippen molar-refractivity contribution in [3.63, 3.8) is 0 Å². The van der Waals surface area contributed by atoms with Gasteiger partial charge in [-0.2, -0.15) is 0 Å². The van der Waals surface area contributed by atoms with E-state index >= 15 is 0 Å². The molecule has 0 saturated carbocycles. The lowest BCUT2D eigenvalue weighted by molar-refractivity contribution is -0.148. The van der Waals surface area contributed by atoms with E-state index in [1.807, 2.05) is 0 Å². The predicted molar refractivity (Wildman–Crippen MR) is 318 cm³/mol. The summed E-state index contributed by atoms with van der Waals surface area (Å²) in [7, 11) is 0. The van der Waals surface area contributed by atoms with E-state index in [0.29, 0.717) is 23.2 Å². The summed E-state index contributed by atoms with van der Waals surface area (Å²) in [4.78, 5) is 165. The second kappa shape index (κ2) is 36.7. The first-order chi connectivity index (χ1) is 41.2. The maximum atomic E-state index is 14.5. The summed E-state index contributed by atoms with van der Waals surface area (Å²) in [6.07, 6.45) is -3.20. The van der Waals surface area contributed by atoms with Gasteiger partial charge in [-0.15, -0.1) is 0 Å². The molecule has 3 rings (SSSR count). The van der Waals surface area contributed by atoms with Crippen LogP contribution in [-0.4, -0.2) is 187 Å². The predicted octanol–water partition coefficient (Wildman–Crippen LogP) is -6.69. The molecule has 0 radical (unpaired) electrons. The SMILES string of the molecule is CC[C@H](C)[C@@H]1NC(=O)[C@@H](Cc2ccccc2)NC(=O)[C@H](CCN)NC(=O)[C@@H](NC(=O)[C@H](CCN)NC(=O)[C@@H](NC(=O)[C@H](CCN)NC(=O)Cc2ccc(NC(C)=O)cc2)[C@@H](C)O)CCNC(=O)[C@](C)(O)NC(=O)[C@H](CCN)NC(=O)[C@H](CCN)NC1=O. The fourth-order valence-corrected chi connectivity index (χ4v) is 8.96. The number of hydrogen-bond acceptors (Lipinski definition) is 19. The van der Waals surface area contributed by atoms with Crippen LogP contribution in [0.5, 0.6) is 0 Å². The summed E-state index contributed by atoms with van der Waals surface area (Å²) in [6.45, 7) is 5.39. The molecule has 0 aromatic heterocycles. The second-order valence-corrected chi connectivity index (χ2v) is 21.3. The van der Waals surface area contributed by atoms with Crippen LogP contribution in [0.3, 0.4) is 0 Å². The first kappa shape index (κ1) is 73.1. The highest BCUT2D eigenvalue weighted by Crippen LogP contribution is 2.14. The monoisotopic (exact) mass is 1220 g/mol. The molecule has 2 aromatic carbocycles. The number of carbonyl (C=O) groups is 12. The molecule has 12 atom stereocenters. The van der Waals surface area contributed by atoms with Crippen LogP contribution in [0.15, 0.2) is 54.6 Å². The molecule has 1 aliphatic heterocycles. The zero-order valence-corrected chi connectivity index (χ0v) is 49.8. The van der Waals surface area contributed by atoms with Crippen LogP contribution in [0, 0.1) is 5.92 Å². The molecule has 31 heteroatoms. The minimum absolute atomic E-state index is 0.0980. The van der Waals surface area contributed by atoms with Gasteiger partial charge in [0, 0.05) is 25.6 Å². The molecule has 87 heavy (non-hydrogen) atoms. The molecule has 0 spiro atoms. The molecule has 24 N–H and O–H groups in total. The zero-order chi connectivity index (χ0) is 65.0. The Morgan fingerprint density at radius 3 is 1.67 bits per heavy atom. The van der Waals surface area contributed by atoms with E-state index in [9.17, 15) is 67.7 Å². The highest BCUT2D eigenvalue weighted by molar-refractivity contribution is 5.99. The number of rotatable bonds is 25. The number of benzene rings is 2. The Morgan fingerprint density at radius 1 is 0.621 bits per heavy atom. The van der Waals surface area contributed by atoms with Gasteiger partial charge < -0.3 is 103 Å². The fraction of sp³-hybridized carbons (Fsp3) is 0.571. The van der Waals surface area contributed by atoms with Gasteiger partial charge in [-0.05, 0) is 114 Å². The van der Waals surface area contributed by atoms with Crippen molar-refractivity contribution in [1.29, 1.82) is 0 Å². The molecule has 482 valence electrons. The molecule has 12 amide bonds. The highest BCUT2D eigenvalue weighted by Gasteiger charge is 2.39. The molecular formula is C56H89N17O14. The normalized spacial score (nSPS) is 22.9. The lowest BCUT2D eigenvalue weighted by Gasteiger charge is -2.30. The van der Waals surface area contributed by atoms with Crippen molar-refractivity contribution in [3.05, 3.63) is 65.7 Å². The molecule has 1 heterocycles. The fourth-order valence-electron chi connectivity index (χ4n) is 8.96. The van der Waals surface area contributed by atoms with Gasteiger partial charge in [-0.3, -0.25) is 57.5 Å². The van der Waals surface area contributed by atoms with Crippen molar-refractivity contribution in [2.45, 2.75) is 159 Å². The van der Waals surface area contributed by atoms with E-state index in [0.717, 1.165) is 6.92 Å². The van der Waals surface area contributed by atoms with Crippen molar-refractivity contribution in [1.82, 2.24) is 58.5 Å². The van der Waals surface area contributed by atoms with Crippen LogP contribution in [0.4, 0.5) is 5.69 Å². The van der Waals surface area contributed by atoms with Gasteiger partial charge in [-0.25, -0.2) is 0 Å². The third kappa shape index (κ3) is 24.2. The number of amides is 12. The van der Waals surface area contributed by atoms with Gasteiger partial charge >= 0.3 is 0 Å². The van der Waals surface area contributed by atoms with E-state index in [2.05, 4.69) is 63.8 Å². The summed E-state index contributed by atoms with van der Waals surface area (Å²) < 4.78 is 0. The quantitative estimate of drug-likeness (QED) is 0.0439. The van der Waals surface area contributed by atoms with Gasteiger partial charge in [0.2, 0.25) is 70.7 Å². The van der Waals surface area contributed by atoms with Gasteiger partial charge in [0.15, 0.2) is 0 Å². The number of nitrogens with one attached hydrogen (secondary N) is 12. The first-order valence-electron chi connectivity index (χ1n) is 28.9. The number of aliphatic hydroxyl groups excluding tert-OH is 1. The highest BCUT2D eigenvalue weighted by atomic mass is 16.3. The molecular weight excluding hydrogens is 1130 g/mol. The molecule has 31 nitrogen and oxygen atoms in total. The Labute approximate surface area is 504 Å². The molecule has 1 fully saturated rings. The standard InChI is InChI=1S/C56H89N17O14/c1-6-30(2)44-53(84)68-38(18-24-59)46(77)66-40(20-26-61)52(83)73-56(5,87)55(86)62-27-21-41(49(80)65-37(17-23-58)48(79)70-42(51(82)71-44)28-33-10-8-7-9-11-33)67-47(78)39(19-25-60)69-54(85)45(31(3)74)72-50(81)36(16-22-57)64-43(76)29-34-12-14-35(15-13-34)63-32(4)75/h7-15,30-31,36-42,44-45,74,87H,6,16-29,57-61H2,1-5H3,(H,62,86)(H,63,75)(H,64,76)(H,65,80)(H,66,77)(H,67,78)(H,68,84)(H,69,85)(H,70,79)(H,71,82)(H,72,81)(H,73,83)/t30-,31+,36-,37-,38-,39-,40-,41-,42+,44-,45-,56-/m0/s1. The summed E-state index contributed by atoms with van der Waals surface area (Å²) in [6, 6.07) is 1.27. The van der Waals surface area contributed by atoms with Crippen molar-refractivity contribution >= 4 is 76.6 Å². The molecule has 1 aliphatic rings. The maximum Gasteiger partial charge on any atom is 0.272 e. The van der Waals surface area contributed by atoms with Crippen LogP contribution in [0.2, 0.25) is 0 Å². The average molecular weight is 1220 g/mol. The van der Waals surface area contributed by atoms with Gasteiger partial charge in [0.25, 0.3) is 5.91 Å². The third-order valence-corrected chi connectivity index (χ3v) is 14.0. The van der Waals surface area contributed by atoms with Crippen molar-refractivity contribution in [2.75, 3.05) is 44.6 Å². The molecule has 1 saturated heterocycles. The van der Waals surface area contributed by atoms with E-state index in [4.69, 9.17) is 28.7 Å². The largest absolute Gasteiger partial charge is 0.391 e. The first-order valence-corrected chi connectivity index (χ1v) is 28.9. The van der Waals surface area contributed by atoms with Crippen molar-refractivity contribution < 1.29 is 67.7 Å². The zero-order valence-electron chi connectivity index (χ0n) is 49.8. The Morgan fingerprint density at radius 2 is 1.14 bits per heavy atom. The summed E-state index contributed by atoms with van der Waals surface area (Å²) in [5.41, 5.74) is 28.1. The Kier molecular flexibility index (Phi) is 30.8. The van der Waals surface area contributed by atoms with Crippen molar-refractivity contribution in [2.24, 2.45) is 34.6 Å². The summed E-state index contributed by atoms with van der Waals surface area (Å²) in [5.74, 6) is -11.5. The van der Waals surface area contributed by atoms with E-state index in [-0.39, 0.29) is 83.6 Å². The third-order valence-electron chi connectivity index (χ3n) is 14.0. The second-order valence-electron chi connectivity index (χ2n) is 21.3. The number of anilines is 1. The number of hydrogen-bond donors (Lipinski definition) is 19. The number of nitrogens with two attached hydrogens (primary N) is 5. The number of aliphatic hydroxyl groups is 2. The molecule has 0 bridgehead atoms. The molecule has 0 unspecified atom stereocenters. The Balaban J connectivity index is 2.04. The van der Waals surface area contributed by atoms with E-state index < -0.39 is 150 Å². The van der Waals surface area contributed by atoms with Crippen LogP contribution in [0.25, 0.3) is 0 Å². The molecule has 0 aliphatic carbocycles. The van der Waals surface area contributed by atoms with E-state index in [1.165, 1.54) is 13.8 Å². The smallest absolute Gasteiger partial charge is 0.272 e. The van der Waals surface area contributed by atoms with Crippen LogP contribution >= 0.6 is 0 Å². The lowest BCUT2D eigenvalue weighted by atomic mass is 9.96. The van der Waals surface area contributed by atoms with Gasteiger partial charge in [0.1, 0.15) is 54.4 Å². The minimum atomic E-state index is -2.72.